The van der Waals surface area contributed by atoms with E-state index in [-0.39, 0.29) is 6.03 Å². The van der Waals surface area contributed by atoms with Crippen molar-refractivity contribution in [3.05, 3.63) is 17.0 Å². The average molecular weight is 336 g/mol. The van der Waals surface area contributed by atoms with Gasteiger partial charge in [-0.25, -0.2) is 14.8 Å². The molecule has 3 heterocycles. The van der Waals surface area contributed by atoms with Crippen molar-refractivity contribution in [1.29, 1.82) is 0 Å². The number of aromatic nitrogens is 2. The molecule has 6 nitrogen and oxygen atoms in total. The van der Waals surface area contributed by atoms with Crippen LogP contribution < -0.4 is 10.2 Å². The minimum absolute atomic E-state index is 0.0933. The SMILES string of the molecule is O=C1NCCCN1C1CCN(c2cc(Cl)nc(C3CC3)n2)CC1. The summed E-state index contributed by atoms with van der Waals surface area (Å²) in [7, 11) is 0. The lowest BCUT2D eigenvalue weighted by molar-refractivity contribution is 0.149. The fraction of sp³-hybridized carbons (Fsp3) is 0.688. The topological polar surface area (TPSA) is 61.4 Å². The lowest BCUT2D eigenvalue weighted by Crippen LogP contribution is -2.54. The minimum Gasteiger partial charge on any atom is -0.356 e. The van der Waals surface area contributed by atoms with E-state index in [1.54, 1.807) is 0 Å². The average Bonchev–Trinajstić information content (AvgIpc) is 3.40. The summed E-state index contributed by atoms with van der Waals surface area (Å²) in [6.45, 7) is 3.50. The number of nitrogens with zero attached hydrogens (tertiary/aromatic N) is 4. The van der Waals surface area contributed by atoms with Gasteiger partial charge in [0.25, 0.3) is 0 Å². The van der Waals surface area contributed by atoms with Gasteiger partial charge in [-0.05, 0) is 32.1 Å². The molecule has 0 unspecified atom stereocenters. The molecule has 1 aliphatic carbocycles. The fourth-order valence-corrected chi connectivity index (χ4v) is 3.70. The molecule has 1 saturated carbocycles. The van der Waals surface area contributed by atoms with Crippen molar-refractivity contribution in [2.45, 2.75) is 44.1 Å². The second-order valence-corrected chi connectivity index (χ2v) is 7.07. The summed E-state index contributed by atoms with van der Waals surface area (Å²) in [5.74, 6) is 2.33. The molecule has 0 spiro atoms. The standard InChI is InChI=1S/C16H22ClN5O/c17-13-10-14(20-15(19-13)11-2-3-11)21-8-4-12(5-9-21)22-7-1-6-18-16(22)23/h10-12H,1-9H2,(H,18,23). The first-order chi connectivity index (χ1) is 11.2. The minimum atomic E-state index is 0.0933. The highest BCUT2D eigenvalue weighted by Crippen LogP contribution is 2.39. The predicted octanol–water partition coefficient (Wildman–Crippen LogP) is 2.39. The lowest BCUT2D eigenvalue weighted by atomic mass is 10.0. The number of hydrogen-bond acceptors (Lipinski definition) is 4. The Kier molecular flexibility index (Phi) is 4.01. The van der Waals surface area contributed by atoms with Crippen LogP contribution in [0.2, 0.25) is 5.15 Å². The second kappa shape index (κ2) is 6.15. The second-order valence-electron chi connectivity index (χ2n) is 6.68. The van der Waals surface area contributed by atoms with Crippen LogP contribution in [0.15, 0.2) is 6.07 Å². The molecule has 2 aliphatic heterocycles. The molecule has 3 aliphatic rings. The zero-order chi connectivity index (χ0) is 15.8. The van der Waals surface area contributed by atoms with Gasteiger partial charge in [0.2, 0.25) is 0 Å². The molecule has 1 aromatic heterocycles. The number of piperidine rings is 1. The molecule has 4 rings (SSSR count). The number of carbonyl (C=O) groups is 1. The summed E-state index contributed by atoms with van der Waals surface area (Å²) in [4.78, 5) is 25.3. The summed E-state index contributed by atoms with van der Waals surface area (Å²) < 4.78 is 0. The van der Waals surface area contributed by atoms with Crippen LogP contribution in [0.5, 0.6) is 0 Å². The van der Waals surface area contributed by atoms with Crippen molar-refractivity contribution >= 4 is 23.4 Å². The van der Waals surface area contributed by atoms with E-state index >= 15 is 0 Å². The first-order valence-corrected chi connectivity index (χ1v) is 8.92. The van der Waals surface area contributed by atoms with Crippen molar-refractivity contribution in [1.82, 2.24) is 20.2 Å². The van der Waals surface area contributed by atoms with Gasteiger partial charge in [-0.2, -0.15) is 0 Å². The van der Waals surface area contributed by atoms with Crippen LogP contribution in [0.3, 0.4) is 0 Å². The molecule has 0 bridgehead atoms. The van der Waals surface area contributed by atoms with E-state index in [0.717, 1.165) is 57.1 Å². The van der Waals surface area contributed by atoms with Gasteiger partial charge in [0.05, 0.1) is 0 Å². The Morgan fingerprint density at radius 3 is 2.61 bits per heavy atom. The van der Waals surface area contributed by atoms with Crippen molar-refractivity contribution in [2.75, 3.05) is 31.1 Å². The number of rotatable bonds is 3. The van der Waals surface area contributed by atoms with Gasteiger partial charge in [0, 0.05) is 44.2 Å². The van der Waals surface area contributed by atoms with E-state index in [9.17, 15) is 4.79 Å². The maximum absolute atomic E-state index is 12.0. The van der Waals surface area contributed by atoms with Gasteiger partial charge in [-0.1, -0.05) is 11.6 Å². The normalized spacial score (nSPS) is 23.1. The van der Waals surface area contributed by atoms with Crippen molar-refractivity contribution in [3.63, 3.8) is 0 Å². The molecule has 0 atom stereocenters. The molecule has 0 radical (unpaired) electrons. The zero-order valence-electron chi connectivity index (χ0n) is 13.2. The Morgan fingerprint density at radius 1 is 1.13 bits per heavy atom. The van der Waals surface area contributed by atoms with Gasteiger partial charge in [0.15, 0.2) is 0 Å². The fourth-order valence-electron chi connectivity index (χ4n) is 3.51. The monoisotopic (exact) mass is 335 g/mol. The van der Waals surface area contributed by atoms with Gasteiger partial charge in [-0.3, -0.25) is 0 Å². The Hall–Kier alpha value is -1.56. The lowest BCUT2D eigenvalue weighted by Gasteiger charge is -2.40. The number of halogens is 1. The Balaban J connectivity index is 1.42. The van der Waals surface area contributed by atoms with E-state index < -0.39 is 0 Å². The largest absolute Gasteiger partial charge is 0.356 e. The summed E-state index contributed by atoms with van der Waals surface area (Å²) in [6.07, 6.45) is 5.34. The zero-order valence-corrected chi connectivity index (χ0v) is 13.9. The third-order valence-electron chi connectivity index (χ3n) is 4.98. The number of nitrogens with one attached hydrogen (secondary N) is 1. The molecular weight excluding hydrogens is 314 g/mol. The molecular formula is C16H22ClN5O. The third-order valence-corrected chi connectivity index (χ3v) is 5.18. The third kappa shape index (κ3) is 3.22. The molecule has 124 valence electrons. The number of amides is 2. The summed E-state index contributed by atoms with van der Waals surface area (Å²) in [5, 5.41) is 3.48. The van der Waals surface area contributed by atoms with Crippen LogP contribution in [0.25, 0.3) is 0 Å². The number of hydrogen-bond donors (Lipinski definition) is 1. The predicted molar refractivity (Wildman–Crippen MR) is 89.0 cm³/mol. The van der Waals surface area contributed by atoms with Crippen LogP contribution >= 0.6 is 11.6 Å². The van der Waals surface area contributed by atoms with E-state index in [1.165, 1.54) is 12.8 Å². The Morgan fingerprint density at radius 2 is 1.91 bits per heavy atom. The highest BCUT2D eigenvalue weighted by molar-refractivity contribution is 6.29. The molecule has 2 amide bonds. The van der Waals surface area contributed by atoms with E-state index in [2.05, 4.69) is 15.2 Å². The summed E-state index contributed by atoms with van der Waals surface area (Å²) in [5.41, 5.74) is 0. The van der Waals surface area contributed by atoms with Crippen LogP contribution in [0.1, 0.15) is 43.8 Å². The summed E-state index contributed by atoms with van der Waals surface area (Å²) in [6, 6.07) is 2.30. The Labute approximate surface area is 141 Å². The molecule has 7 heteroatoms. The van der Waals surface area contributed by atoms with Crippen LogP contribution in [-0.4, -0.2) is 53.1 Å². The van der Waals surface area contributed by atoms with Crippen LogP contribution in [0.4, 0.5) is 10.6 Å². The molecule has 1 aromatic rings. The van der Waals surface area contributed by atoms with E-state index in [0.29, 0.717) is 17.1 Å². The molecule has 23 heavy (non-hydrogen) atoms. The van der Waals surface area contributed by atoms with Crippen LogP contribution in [-0.2, 0) is 0 Å². The van der Waals surface area contributed by atoms with Gasteiger partial charge < -0.3 is 15.1 Å². The number of anilines is 1. The number of carbonyl (C=O) groups excluding carboxylic acids is 1. The Bertz CT molecular complexity index is 598. The van der Waals surface area contributed by atoms with Gasteiger partial charge in [0.1, 0.15) is 16.8 Å². The molecule has 1 N–H and O–H groups in total. The summed E-state index contributed by atoms with van der Waals surface area (Å²) >= 11 is 6.17. The smallest absolute Gasteiger partial charge is 0.317 e. The van der Waals surface area contributed by atoms with Crippen molar-refractivity contribution < 1.29 is 4.79 Å². The first-order valence-electron chi connectivity index (χ1n) is 8.54. The van der Waals surface area contributed by atoms with Gasteiger partial charge in [-0.15, -0.1) is 0 Å². The van der Waals surface area contributed by atoms with E-state index in [4.69, 9.17) is 16.6 Å². The number of urea groups is 1. The van der Waals surface area contributed by atoms with Crippen LogP contribution in [0, 0.1) is 0 Å². The highest BCUT2D eigenvalue weighted by Gasteiger charge is 2.31. The molecule has 2 saturated heterocycles. The molecule has 3 fully saturated rings. The van der Waals surface area contributed by atoms with E-state index in [1.807, 2.05) is 11.0 Å². The van der Waals surface area contributed by atoms with Crippen molar-refractivity contribution in [2.24, 2.45) is 0 Å². The maximum Gasteiger partial charge on any atom is 0.317 e. The van der Waals surface area contributed by atoms with Gasteiger partial charge >= 0.3 is 6.03 Å². The molecule has 0 aromatic carbocycles. The highest BCUT2D eigenvalue weighted by atomic mass is 35.5. The first kappa shape index (κ1) is 15.0. The quantitative estimate of drug-likeness (QED) is 0.862. The van der Waals surface area contributed by atoms with Crippen molar-refractivity contribution in [3.8, 4) is 0 Å². The maximum atomic E-state index is 12.0.